The van der Waals surface area contributed by atoms with Gasteiger partial charge in [-0.3, -0.25) is 9.59 Å². The molecule has 41 heavy (non-hydrogen) atoms. The number of ketones is 1. The third-order valence-electron chi connectivity index (χ3n) is 7.42. The number of Topliss-reactive ketones (excluding diaryl/α,β-unsaturated/α-hetero) is 1. The van der Waals surface area contributed by atoms with Gasteiger partial charge in [0.15, 0.2) is 23.9 Å². The molecule has 2 aromatic carbocycles. The van der Waals surface area contributed by atoms with Crippen molar-refractivity contribution < 1.29 is 33.9 Å². The molecule has 3 aromatic rings. The quantitative estimate of drug-likeness (QED) is 0.152. The van der Waals surface area contributed by atoms with Crippen LogP contribution in [-0.4, -0.2) is 35.9 Å². The van der Waals surface area contributed by atoms with Crippen LogP contribution in [0.3, 0.4) is 0 Å². The topological polar surface area (TPSA) is 102 Å². The number of likely N-dealkylation sites (tertiary alicyclic amines) is 1. The highest BCUT2D eigenvalue weighted by atomic mass is 16.5. The van der Waals surface area contributed by atoms with Crippen LogP contribution in [0.1, 0.15) is 68.3 Å². The van der Waals surface area contributed by atoms with Crippen molar-refractivity contribution in [2.45, 2.75) is 65.1 Å². The lowest BCUT2D eigenvalue weighted by molar-refractivity contribution is -0.378. The maximum atomic E-state index is 14.0. The van der Waals surface area contributed by atoms with Gasteiger partial charge in [-0.1, -0.05) is 37.7 Å². The summed E-state index contributed by atoms with van der Waals surface area (Å²) < 4.78 is 17.7. The lowest BCUT2D eigenvalue weighted by Gasteiger charge is -2.28. The van der Waals surface area contributed by atoms with Crippen LogP contribution < -0.4 is 24.3 Å². The van der Waals surface area contributed by atoms with Crippen molar-refractivity contribution in [1.29, 1.82) is 0 Å². The second kappa shape index (κ2) is 12.5. The second-order valence-electron chi connectivity index (χ2n) is 10.5. The number of hydrogen-bond acceptors (Lipinski definition) is 6. The van der Waals surface area contributed by atoms with Gasteiger partial charge < -0.3 is 24.2 Å². The number of hydrogen-bond donors (Lipinski definition) is 0. The van der Waals surface area contributed by atoms with Gasteiger partial charge in [0.1, 0.15) is 11.9 Å². The summed E-state index contributed by atoms with van der Waals surface area (Å²) in [5, 5.41) is 14.0. The number of carbonyl (C=O) groups is 2. The van der Waals surface area contributed by atoms with Gasteiger partial charge in [-0.05, 0) is 66.8 Å². The first-order valence-corrected chi connectivity index (χ1v) is 14.3. The first-order chi connectivity index (χ1) is 19.9. The van der Waals surface area contributed by atoms with Crippen LogP contribution in [0, 0.1) is 0 Å². The summed E-state index contributed by atoms with van der Waals surface area (Å²) >= 11 is 0. The molecule has 0 radical (unpaired) electrons. The van der Waals surface area contributed by atoms with Crippen molar-refractivity contribution in [1.82, 2.24) is 4.90 Å². The number of pyridine rings is 1. The fourth-order valence-electron chi connectivity index (χ4n) is 5.44. The molecule has 214 valence electrons. The van der Waals surface area contributed by atoms with Crippen molar-refractivity contribution in [3.8, 4) is 17.2 Å². The molecule has 2 aliphatic rings. The highest BCUT2D eigenvalue weighted by Gasteiger charge is 2.44. The van der Waals surface area contributed by atoms with Gasteiger partial charge in [-0.15, -0.1) is 0 Å². The molecule has 1 N–H and O–H groups in total. The van der Waals surface area contributed by atoms with E-state index in [0.29, 0.717) is 42.3 Å². The summed E-state index contributed by atoms with van der Waals surface area (Å²) in [5.41, 5.74) is 2.65. The van der Waals surface area contributed by atoms with Crippen LogP contribution in [0.2, 0.25) is 0 Å². The lowest BCUT2D eigenvalue weighted by Crippen LogP contribution is -2.29. The summed E-state index contributed by atoms with van der Waals surface area (Å²) in [6, 6.07) is 13.4. The van der Waals surface area contributed by atoms with Crippen molar-refractivity contribution in [3.63, 3.8) is 0 Å². The fourth-order valence-corrected chi connectivity index (χ4v) is 5.44. The Morgan fingerprint density at radius 3 is 2.59 bits per heavy atom. The standard InChI is InChI=1S/C33H36N2O6/c1-4-6-7-16-40-27-11-8-23(19-28(27)39-5-2)30-29(31(36)24-9-10-26-25(18-24)17-21(3)41-26)32(37)33(38)35(30)20-22-12-14-34-15-13-22/h8-15,18-19,21,30,36H,4-7,16-17,20H2,1-3H3. The van der Waals surface area contributed by atoms with Gasteiger partial charge in [0, 0.05) is 30.7 Å². The van der Waals surface area contributed by atoms with Gasteiger partial charge in [-0.2, -0.15) is 0 Å². The summed E-state index contributed by atoms with van der Waals surface area (Å²) in [7, 11) is 0. The molecule has 5 rings (SSSR count). The predicted molar refractivity (Wildman–Crippen MR) is 151 cm³/mol. The largest absolute Gasteiger partial charge is 0.872 e. The number of H-pyrrole nitrogens is 1. The van der Waals surface area contributed by atoms with Crippen molar-refractivity contribution >= 4 is 17.4 Å². The van der Waals surface area contributed by atoms with E-state index in [-0.39, 0.29) is 18.2 Å². The number of aromatic amines is 1. The van der Waals surface area contributed by atoms with Gasteiger partial charge >= 0.3 is 0 Å². The number of nitrogens with zero attached hydrogens (tertiary/aromatic N) is 1. The maximum Gasteiger partial charge on any atom is 0.295 e. The molecule has 1 saturated heterocycles. The Bertz CT molecular complexity index is 1450. The smallest absolute Gasteiger partial charge is 0.295 e. The zero-order chi connectivity index (χ0) is 28.9. The number of ether oxygens (including phenoxy) is 3. The number of unbranched alkanes of at least 4 members (excludes halogenated alkanes) is 2. The molecular weight excluding hydrogens is 520 g/mol. The third kappa shape index (κ3) is 5.92. The summed E-state index contributed by atoms with van der Waals surface area (Å²) in [4.78, 5) is 31.4. The number of carbonyl (C=O) groups excluding carboxylic acids is 2. The molecule has 2 atom stereocenters. The van der Waals surface area contributed by atoms with Crippen LogP contribution in [0.4, 0.5) is 0 Å². The Kier molecular flexibility index (Phi) is 8.57. The van der Waals surface area contributed by atoms with Crippen molar-refractivity contribution in [2.75, 3.05) is 13.2 Å². The number of fused-ring (bicyclic) bond motifs is 1. The summed E-state index contributed by atoms with van der Waals surface area (Å²) in [6.45, 7) is 7.12. The van der Waals surface area contributed by atoms with E-state index in [1.165, 1.54) is 4.90 Å². The van der Waals surface area contributed by atoms with Crippen LogP contribution >= 0.6 is 0 Å². The molecule has 0 spiro atoms. The first kappa shape index (κ1) is 28.2. The molecule has 1 aromatic heterocycles. The minimum absolute atomic E-state index is 0.0174. The molecule has 1 fully saturated rings. The average Bonchev–Trinajstić information content (AvgIpc) is 3.47. The Hall–Kier alpha value is -4.33. The average molecular weight is 557 g/mol. The zero-order valence-electron chi connectivity index (χ0n) is 23.8. The fraction of sp³-hybridized carbons (Fsp3) is 0.364. The number of aromatic nitrogens is 1. The number of amides is 1. The molecular formula is C33H36N2O6. The van der Waals surface area contributed by atoms with E-state index in [2.05, 4.69) is 11.9 Å². The molecule has 2 unspecified atom stereocenters. The van der Waals surface area contributed by atoms with Gasteiger partial charge in [0.25, 0.3) is 5.91 Å². The lowest BCUT2D eigenvalue weighted by atomic mass is 9.94. The van der Waals surface area contributed by atoms with E-state index < -0.39 is 23.5 Å². The molecule has 0 bridgehead atoms. The van der Waals surface area contributed by atoms with Crippen LogP contribution in [-0.2, 0) is 22.6 Å². The maximum absolute atomic E-state index is 14.0. The predicted octanol–water partition coefficient (Wildman–Crippen LogP) is 4.22. The number of benzene rings is 2. The van der Waals surface area contributed by atoms with Crippen molar-refractivity contribution in [3.05, 3.63) is 88.8 Å². The number of rotatable bonds is 11. The van der Waals surface area contributed by atoms with Crippen molar-refractivity contribution in [2.24, 2.45) is 0 Å². The molecule has 3 heterocycles. The van der Waals surface area contributed by atoms with Crippen LogP contribution in [0.15, 0.2) is 66.5 Å². The number of nitrogens with one attached hydrogen (secondary N) is 1. The van der Waals surface area contributed by atoms with E-state index in [4.69, 9.17) is 14.2 Å². The molecule has 0 aliphatic carbocycles. The van der Waals surface area contributed by atoms with Gasteiger partial charge in [-0.25, -0.2) is 4.98 Å². The van der Waals surface area contributed by atoms with E-state index in [0.717, 1.165) is 36.1 Å². The SMILES string of the molecule is CCCCCOc1ccc(C2C(=C([O-])c3ccc4c(c3)CC(C)O4)C(=O)C(=O)N2Cc2cc[nH+]cc2)cc1OCC. The minimum atomic E-state index is -0.886. The minimum Gasteiger partial charge on any atom is -0.872 e. The van der Waals surface area contributed by atoms with Crippen LogP contribution in [0.25, 0.3) is 5.76 Å². The van der Waals surface area contributed by atoms with E-state index in [1.807, 2.05) is 32.0 Å². The normalized spacial score (nSPS) is 19.2. The van der Waals surface area contributed by atoms with Crippen LogP contribution in [0.5, 0.6) is 17.2 Å². The Morgan fingerprint density at radius 2 is 1.83 bits per heavy atom. The molecule has 2 aliphatic heterocycles. The Morgan fingerprint density at radius 1 is 1.02 bits per heavy atom. The Labute approximate surface area is 240 Å². The second-order valence-corrected chi connectivity index (χ2v) is 10.5. The summed E-state index contributed by atoms with van der Waals surface area (Å²) in [5.74, 6) is -0.112. The van der Waals surface area contributed by atoms with E-state index in [1.54, 1.807) is 42.7 Å². The summed E-state index contributed by atoms with van der Waals surface area (Å²) in [6.07, 6.45) is 7.29. The first-order valence-electron chi connectivity index (χ1n) is 14.3. The third-order valence-corrected chi connectivity index (χ3v) is 7.42. The molecule has 8 heteroatoms. The van der Waals surface area contributed by atoms with Gasteiger partial charge in [0.05, 0.1) is 19.3 Å². The highest BCUT2D eigenvalue weighted by Crippen LogP contribution is 2.43. The zero-order valence-corrected chi connectivity index (χ0v) is 23.8. The Balaban J connectivity index is 1.59. The molecule has 8 nitrogen and oxygen atoms in total. The monoisotopic (exact) mass is 556 g/mol. The highest BCUT2D eigenvalue weighted by molar-refractivity contribution is 6.46. The van der Waals surface area contributed by atoms with E-state index in [9.17, 15) is 14.7 Å². The molecule has 0 saturated carbocycles. The van der Waals surface area contributed by atoms with Gasteiger partial charge in [0.2, 0.25) is 5.78 Å². The molecule has 1 amide bonds. The van der Waals surface area contributed by atoms with E-state index >= 15 is 0 Å².